The van der Waals surface area contributed by atoms with Crippen LogP contribution in [-0.2, 0) is 4.79 Å². The van der Waals surface area contributed by atoms with Crippen molar-refractivity contribution in [1.29, 1.82) is 0 Å². The van der Waals surface area contributed by atoms with Crippen molar-refractivity contribution in [2.75, 3.05) is 12.9 Å². The predicted molar refractivity (Wildman–Crippen MR) is 76.5 cm³/mol. The fraction of sp³-hybridized carbons (Fsp3) is 0.923. The lowest BCUT2D eigenvalue weighted by atomic mass is 9.94. The number of amides is 1. The Morgan fingerprint density at radius 3 is 2.72 bits per heavy atom. The van der Waals surface area contributed by atoms with Gasteiger partial charge in [-0.3, -0.25) is 4.79 Å². The molecule has 1 aliphatic carbocycles. The molecule has 5 heteroatoms. The van der Waals surface area contributed by atoms with Gasteiger partial charge in [-0.2, -0.15) is 11.8 Å². The van der Waals surface area contributed by atoms with Gasteiger partial charge < -0.3 is 16.2 Å². The molecule has 0 saturated heterocycles. The van der Waals surface area contributed by atoms with Crippen LogP contribution < -0.4 is 11.1 Å². The van der Waals surface area contributed by atoms with E-state index < -0.39 is 0 Å². The first kappa shape index (κ1) is 15.8. The molecule has 0 aromatic heterocycles. The molecule has 0 bridgehead atoms. The molecular weight excluding hydrogens is 248 g/mol. The second kappa shape index (κ2) is 8.02. The Balaban J connectivity index is 2.52. The van der Waals surface area contributed by atoms with Crippen LogP contribution >= 0.6 is 11.8 Å². The van der Waals surface area contributed by atoms with E-state index in [9.17, 15) is 9.90 Å². The van der Waals surface area contributed by atoms with E-state index in [0.717, 1.165) is 25.7 Å². The third-order valence-electron chi connectivity index (χ3n) is 3.82. The Labute approximate surface area is 114 Å². The molecule has 0 radical (unpaired) electrons. The normalized spacial score (nSPS) is 28.2. The lowest BCUT2D eigenvalue weighted by Gasteiger charge is -2.26. The van der Waals surface area contributed by atoms with Crippen LogP contribution in [0.4, 0.5) is 0 Å². The van der Waals surface area contributed by atoms with Crippen LogP contribution in [-0.4, -0.2) is 41.2 Å². The van der Waals surface area contributed by atoms with E-state index in [0.29, 0.717) is 0 Å². The number of nitrogens with one attached hydrogen (secondary N) is 1. The van der Waals surface area contributed by atoms with E-state index in [2.05, 4.69) is 5.32 Å². The van der Waals surface area contributed by atoms with Crippen LogP contribution in [0.25, 0.3) is 0 Å². The summed E-state index contributed by atoms with van der Waals surface area (Å²) in [5.74, 6) is 0.000508. The van der Waals surface area contributed by atoms with Crippen molar-refractivity contribution in [3.8, 4) is 0 Å². The Morgan fingerprint density at radius 1 is 1.44 bits per heavy atom. The first-order valence-electron chi connectivity index (χ1n) is 6.79. The number of aliphatic hydroxyl groups is 1. The predicted octanol–water partition coefficient (Wildman–Crippen LogP) is 1.12. The van der Waals surface area contributed by atoms with Crippen molar-refractivity contribution in [3.63, 3.8) is 0 Å². The van der Waals surface area contributed by atoms with Gasteiger partial charge in [-0.25, -0.2) is 0 Å². The van der Waals surface area contributed by atoms with Crippen LogP contribution in [0.15, 0.2) is 0 Å². The molecule has 0 aromatic rings. The monoisotopic (exact) mass is 274 g/mol. The number of thioether (sulfide) groups is 1. The molecular formula is C13H26N2O2S. The number of hydrogen-bond donors (Lipinski definition) is 3. The molecule has 0 aromatic carbocycles. The van der Waals surface area contributed by atoms with Gasteiger partial charge in [0.15, 0.2) is 0 Å². The van der Waals surface area contributed by atoms with Crippen molar-refractivity contribution in [3.05, 3.63) is 0 Å². The minimum absolute atomic E-state index is 0.0124. The van der Waals surface area contributed by atoms with E-state index in [-0.39, 0.29) is 35.8 Å². The third-order valence-corrected chi connectivity index (χ3v) is 4.98. The van der Waals surface area contributed by atoms with Crippen LogP contribution in [0, 0.1) is 5.92 Å². The number of rotatable bonds is 5. The summed E-state index contributed by atoms with van der Waals surface area (Å²) in [6.07, 6.45) is 7.18. The number of carbonyl (C=O) groups is 1. The zero-order chi connectivity index (χ0) is 13.5. The van der Waals surface area contributed by atoms with Crippen molar-refractivity contribution in [2.45, 2.75) is 56.4 Å². The molecule has 4 N–H and O–H groups in total. The number of nitrogens with two attached hydrogens (primary N) is 1. The van der Waals surface area contributed by atoms with Gasteiger partial charge in [-0.15, -0.1) is 0 Å². The zero-order valence-electron chi connectivity index (χ0n) is 11.4. The maximum atomic E-state index is 12.2. The summed E-state index contributed by atoms with van der Waals surface area (Å²) in [4.78, 5) is 12.2. The number of carbonyl (C=O) groups excluding carboxylic acids is 1. The fourth-order valence-electron chi connectivity index (χ4n) is 2.52. The van der Waals surface area contributed by atoms with Crippen molar-refractivity contribution < 1.29 is 9.90 Å². The lowest BCUT2D eigenvalue weighted by Crippen LogP contribution is -2.48. The second-order valence-corrected chi connectivity index (χ2v) is 6.24. The zero-order valence-corrected chi connectivity index (χ0v) is 12.2. The smallest absolute Gasteiger partial charge is 0.224 e. The Morgan fingerprint density at radius 2 is 2.11 bits per heavy atom. The van der Waals surface area contributed by atoms with E-state index in [4.69, 9.17) is 5.73 Å². The molecule has 1 fully saturated rings. The summed E-state index contributed by atoms with van der Waals surface area (Å²) in [6.45, 7) is 2.02. The Hall–Kier alpha value is -0.260. The van der Waals surface area contributed by atoms with Gasteiger partial charge in [-0.05, 0) is 26.0 Å². The molecule has 1 rings (SSSR count). The second-order valence-electron chi connectivity index (χ2n) is 5.16. The Bertz CT molecular complexity index is 259. The first-order valence-corrected chi connectivity index (χ1v) is 8.08. The minimum atomic E-state index is -0.0591. The summed E-state index contributed by atoms with van der Waals surface area (Å²) in [5.41, 5.74) is 6.08. The van der Waals surface area contributed by atoms with Crippen LogP contribution in [0.3, 0.4) is 0 Å². The highest BCUT2D eigenvalue weighted by Crippen LogP contribution is 2.23. The van der Waals surface area contributed by atoms with Gasteiger partial charge in [-0.1, -0.05) is 19.3 Å². The standard InChI is InChI=1S/C13H26N2O2S/c1-9(12(8-16)18-2)15-13(17)10-6-4-3-5-7-11(10)14/h9-12,16H,3-8,14H2,1-2H3,(H,15,17). The van der Waals surface area contributed by atoms with Gasteiger partial charge in [0.2, 0.25) is 5.91 Å². The average Bonchev–Trinajstić information content (AvgIpc) is 2.55. The maximum absolute atomic E-state index is 12.2. The minimum Gasteiger partial charge on any atom is -0.395 e. The number of hydrogen-bond acceptors (Lipinski definition) is 4. The van der Waals surface area contributed by atoms with Gasteiger partial charge in [0, 0.05) is 17.3 Å². The largest absolute Gasteiger partial charge is 0.395 e. The molecule has 18 heavy (non-hydrogen) atoms. The van der Waals surface area contributed by atoms with Gasteiger partial charge in [0.25, 0.3) is 0 Å². The van der Waals surface area contributed by atoms with E-state index in [1.54, 1.807) is 11.8 Å². The molecule has 4 atom stereocenters. The maximum Gasteiger partial charge on any atom is 0.224 e. The summed E-state index contributed by atoms with van der Waals surface area (Å²) in [7, 11) is 0. The first-order chi connectivity index (χ1) is 8.60. The third kappa shape index (κ3) is 4.44. The molecule has 1 amide bonds. The number of aliphatic hydroxyl groups excluding tert-OH is 1. The molecule has 0 aliphatic heterocycles. The van der Waals surface area contributed by atoms with E-state index >= 15 is 0 Å². The summed E-state index contributed by atoms with van der Waals surface area (Å²) in [5, 5.41) is 12.3. The van der Waals surface area contributed by atoms with Gasteiger partial charge in [0.1, 0.15) is 0 Å². The molecule has 1 aliphatic rings. The molecule has 4 unspecified atom stereocenters. The topological polar surface area (TPSA) is 75.3 Å². The van der Waals surface area contributed by atoms with Crippen LogP contribution in [0.2, 0.25) is 0 Å². The van der Waals surface area contributed by atoms with Gasteiger partial charge >= 0.3 is 0 Å². The summed E-state index contributed by atoms with van der Waals surface area (Å²) >= 11 is 1.58. The van der Waals surface area contributed by atoms with E-state index in [1.165, 1.54) is 6.42 Å². The highest BCUT2D eigenvalue weighted by molar-refractivity contribution is 7.99. The highest BCUT2D eigenvalue weighted by atomic mass is 32.2. The van der Waals surface area contributed by atoms with Crippen molar-refractivity contribution in [1.82, 2.24) is 5.32 Å². The SMILES string of the molecule is CSC(CO)C(C)NC(=O)C1CCCCCC1N. The summed E-state index contributed by atoms with van der Waals surface area (Å²) in [6, 6.07) is -0.0329. The molecule has 0 spiro atoms. The lowest BCUT2D eigenvalue weighted by molar-refractivity contribution is -0.126. The van der Waals surface area contributed by atoms with Crippen molar-refractivity contribution in [2.24, 2.45) is 11.7 Å². The fourth-order valence-corrected chi connectivity index (χ4v) is 3.15. The molecule has 4 nitrogen and oxygen atoms in total. The highest BCUT2D eigenvalue weighted by Gasteiger charge is 2.28. The molecule has 106 valence electrons. The van der Waals surface area contributed by atoms with Crippen molar-refractivity contribution >= 4 is 17.7 Å². The van der Waals surface area contributed by atoms with Crippen LogP contribution in [0.1, 0.15) is 39.0 Å². The molecule has 0 heterocycles. The van der Waals surface area contributed by atoms with Gasteiger partial charge in [0.05, 0.1) is 12.5 Å². The van der Waals surface area contributed by atoms with Crippen LogP contribution in [0.5, 0.6) is 0 Å². The van der Waals surface area contributed by atoms with E-state index in [1.807, 2.05) is 13.2 Å². The quantitative estimate of drug-likeness (QED) is 0.657. The average molecular weight is 274 g/mol. The Kier molecular flexibility index (Phi) is 7.04. The molecule has 1 saturated carbocycles. The summed E-state index contributed by atoms with van der Waals surface area (Å²) < 4.78 is 0.